The quantitative estimate of drug-likeness (QED) is 0.768. The average Bonchev–Trinajstić information content (AvgIpc) is 2.89. The molecule has 0 unspecified atom stereocenters. The summed E-state index contributed by atoms with van der Waals surface area (Å²) in [6.45, 7) is 0. The van der Waals surface area contributed by atoms with Gasteiger partial charge in [-0.3, -0.25) is 14.9 Å². The number of methoxy groups -OCH3 is 1. The number of ether oxygens (including phenoxy) is 1. The van der Waals surface area contributed by atoms with E-state index in [0.717, 1.165) is 0 Å². The molecule has 0 atom stereocenters. The van der Waals surface area contributed by atoms with Crippen LogP contribution in [-0.4, -0.2) is 28.2 Å². The van der Waals surface area contributed by atoms with Gasteiger partial charge in [-0.05, 0) is 18.2 Å². The van der Waals surface area contributed by atoms with E-state index in [1.807, 2.05) is 0 Å². The molecule has 2 heterocycles. The zero-order valence-electron chi connectivity index (χ0n) is 11.1. The second-order valence-corrected chi connectivity index (χ2v) is 4.37. The van der Waals surface area contributed by atoms with Crippen molar-refractivity contribution < 1.29 is 13.9 Å². The van der Waals surface area contributed by atoms with Gasteiger partial charge in [0.1, 0.15) is 11.6 Å². The highest BCUT2D eigenvalue weighted by Crippen LogP contribution is 2.32. The maximum absolute atomic E-state index is 14.1. The number of nitrogens with zero attached hydrogens (tertiary/aromatic N) is 2. The molecule has 21 heavy (non-hydrogen) atoms. The van der Waals surface area contributed by atoms with Crippen molar-refractivity contribution in [1.82, 2.24) is 15.2 Å². The van der Waals surface area contributed by atoms with Gasteiger partial charge in [-0.2, -0.15) is 5.10 Å². The number of H-pyrrole nitrogens is 1. The van der Waals surface area contributed by atoms with Crippen LogP contribution in [0.15, 0.2) is 30.5 Å². The van der Waals surface area contributed by atoms with Crippen molar-refractivity contribution >= 4 is 16.8 Å². The van der Waals surface area contributed by atoms with Crippen LogP contribution in [0.5, 0.6) is 5.75 Å². The predicted octanol–water partition coefficient (Wildman–Crippen LogP) is 1.87. The molecule has 3 rings (SSSR count). The van der Waals surface area contributed by atoms with E-state index in [1.165, 1.54) is 19.4 Å². The third-order valence-electron chi connectivity index (χ3n) is 3.13. The molecule has 0 saturated heterocycles. The van der Waals surface area contributed by atoms with Gasteiger partial charge in [-0.25, -0.2) is 4.39 Å². The Morgan fingerprint density at radius 2 is 2.24 bits per heavy atom. The summed E-state index contributed by atoms with van der Waals surface area (Å²) in [5.74, 6) is -0.782. The monoisotopic (exact) mass is 286 g/mol. The van der Waals surface area contributed by atoms with Crippen LogP contribution in [0.2, 0.25) is 0 Å². The normalized spacial score (nSPS) is 10.8. The lowest BCUT2D eigenvalue weighted by Crippen LogP contribution is -2.11. The largest absolute Gasteiger partial charge is 0.496 e. The summed E-state index contributed by atoms with van der Waals surface area (Å²) in [6.07, 6.45) is 1.47. The molecule has 0 aliphatic rings. The molecule has 0 aliphatic carbocycles. The van der Waals surface area contributed by atoms with Gasteiger partial charge in [0, 0.05) is 5.39 Å². The van der Waals surface area contributed by atoms with Crippen molar-refractivity contribution in [3.63, 3.8) is 0 Å². The highest BCUT2D eigenvalue weighted by molar-refractivity contribution is 6.04. The summed E-state index contributed by atoms with van der Waals surface area (Å²) < 4.78 is 19.2. The fourth-order valence-corrected chi connectivity index (χ4v) is 2.16. The molecule has 0 radical (unpaired) electrons. The number of hydrogen-bond acceptors (Lipinski definition) is 4. The number of carbonyl (C=O) groups excluding carboxylic acids is 1. The van der Waals surface area contributed by atoms with Gasteiger partial charge >= 0.3 is 0 Å². The molecule has 0 spiro atoms. The van der Waals surface area contributed by atoms with Crippen molar-refractivity contribution in [2.45, 2.75) is 0 Å². The van der Waals surface area contributed by atoms with Crippen molar-refractivity contribution in [2.75, 3.05) is 7.11 Å². The van der Waals surface area contributed by atoms with E-state index in [0.29, 0.717) is 22.3 Å². The number of amides is 1. The van der Waals surface area contributed by atoms with E-state index in [1.54, 1.807) is 18.2 Å². The van der Waals surface area contributed by atoms with Crippen LogP contribution < -0.4 is 10.5 Å². The van der Waals surface area contributed by atoms with E-state index in [4.69, 9.17) is 10.5 Å². The molecule has 1 aromatic carbocycles. The Labute approximate surface area is 118 Å². The lowest BCUT2D eigenvalue weighted by atomic mass is 10.1. The number of pyridine rings is 1. The molecule has 1 amide bonds. The molecule has 7 heteroatoms. The number of primary amides is 1. The summed E-state index contributed by atoms with van der Waals surface area (Å²) in [6, 6.07) is 6.05. The second-order valence-electron chi connectivity index (χ2n) is 4.37. The van der Waals surface area contributed by atoms with Crippen LogP contribution in [0.1, 0.15) is 10.5 Å². The van der Waals surface area contributed by atoms with Crippen LogP contribution >= 0.6 is 0 Å². The van der Waals surface area contributed by atoms with Crippen LogP contribution in [0.4, 0.5) is 4.39 Å². The molecule has 6 nitrogen and oxygen atoms in total. The van der Waals surface area contributed by atoms with E-state index >= 15 is 0 Å². The minimum Gasteiger partial charge on any atom is -0.496 e. The van der Waals surface area contributed by atoms with Crippen LogP contribution in [0.25, 0.3) is 22.2 Å². The number of fused-ring (bicyclic) bond motifs is 1. The average molecular weight is 286 g/mol. The Hall–Kier alpha value is -2.96. The standard InChI is InChI=1S/C14H11FN4O2/c1-21-11-4-2-3-8(15)12(11)9-5-7-10(6-17-9)18-19-13(7)14(16)20/h2-6H,1H3,(H2,16,20)(H,18,19). The minimum atomic E-state index is -0.668. The lowest BCUT2D eigenvalue weighted by Gasteiger charge is -2.08. The molecule has 0 saturated carbocycles. The summed E-state index contributed by atoms with van der Waals surface area (Å²) in [5, 5.41) is 6.97. The highest BCUT2D eigenvalue weighted by atomic mass is 19.1. The Kier molecular flexibility index (Phi) is 3.02. The highest BCUT2D eigenvalue weighted by Gasteiger charge is 2.17. The molecule has 106 valence electrons. The predicted molar refractivity (Wildman–Crippen MR) is 74.4 cm³/mol. The van der Waals surface area contributed by atoms with Gasteiger partial charge < -0.3 is 10.5 Å². The van der Waals surface area contributed by atoms with E-state index in [-0.39, 0.29) is 11.3 Å². The Bertz CT molecular complexity index is 844. The molecule has 2 aromatic heterocycles. The third kappa shape index (κ3) is 2.08. The second kappa shape index (κ2) is 4.86. The summed E-state index contributed by atoms with van der Waals surface area (Å²) in [7, 11) is 1.45. The molecule has 0 fully saturated rings. The molecule has 0 bridgehead atoms. The SMILES string of the molecule is COc1cccc(F)c1-c1cc2c(C(N)=O)n[nH]c2cn1. The molecular formula is C14H11FN4O2. The summed E-state index contributed by atoms with van der Waals surface area (Å²) >= 11 is 0. The maximum atomic E-state index is 14.1. The Morgan fingerprint density at radius 3 is 2.95 bits per heavy atom. The van der Waals surface area contributed by atoms with E-state index < -0.39 is 11.7 Å². The first kappa shape index (κ1) is 13.0. The number of nitrogens with two attached hydrogens (primary N) is 1. The van der Waals surface area contributed by atoms with E-state index in [9.17, 15) is 9.18 Å². The number of aromatic nitrogens is 3. The first-order chi connectivity index (χ1) is 10.1. The number of aromatic amines is 1. The molecule has 3 aromatic rings. The third-order valence-corrected chi connectivity index (χ3v) is 3.13. The number of carbonyl (C=O) groups is 1. The van der Waals surface area contributed by atoms with Crippen molar-refractivity contribution in [3.05, 3.63) is 42.0 Å². The number of benzene rings is 1. The molecular weight excluding hydrogens is 275 g/mol. The van der Waals surface area contributed by atoms with Gasteiger partial charge in [0.15, 0.2) is 5.69 Å². The van der Waals surface area contributed by atoms with Gasteiger partial charge in [0.25, 0.3) is 5.91 Å². The zero-order valence-corrected chi connectivity index (χ0v) is 11.1. The molecule has 0 aliphatic heterocycles. The Morgan fingerprint density at radius 1 is 1.43 bits per heavy atom. The van der Waals surface area contributed by atoms with Gasteiger partial charge in [0.05, 0.1) is 30.1 Å². The fraction of sp³-hybridized carbons (Fsp3) is 0.0714. The minimum absolute atomic E-state index is 0.0870. The van der Waals surface area contributed by atoms with Crippen molar-refractivity contribution in [2.24, 2.45) is 5.73 Å². The first-order valence-corrected chi connectivity index (χ1v) is 6.08. The first-order valence-electron chi connectivity index (χ1n) is 6.08. The zero-order chi connectivity index (χ0) is 15.0. The van der Waals surface area contributed by atoms with Crippen LogP contribution in [0, 0.1) is 5.82 Å². The van der Waals surface area contributed by atoms with Crippen molar-refractivity contribution in [1.29, 1.82) is 0 Å². The summed E-state index contributed by atoms with van der Waals surface area (Å²) in [4.78, 5) is 15.5. The number of rotatable bonds is 3. The van der Waals surface area contributed by atoms with Gasteiger partial charge in [-0.1, -0.05) is 6.07 Å². The Balaban J connectivity index is 2.26. The topological polar surface area (TPSA) is 93.9 Å². The number of halogens is 1. The summed E-state index contributed by atoms with van der Waals surface area (Å²) in [5.41, 5.74) is 6.45. The van der Waals surface area contributed by atoms with Crippen LogP contribution in [0.3, 0.4) is 0 Å². The van der Waals surface area contributed by atoms with E-state index in [2.05, 4.69) is 15.2 Å². The van der Waals surface area contributed by atoms with Gasteiger partial charge in [0.2, 0.25) is 0 Å². The number of nitrogens with one attached hydrogen (secondary N) is 1. The smallest absolute Gasteiger partial charge is 0.269 e. The van der Waals surface area contributed by atoms with Gasteiger partial charge in [-0.15, -0.1) is 0 Å². The number of hydrogen-bond donors (Lipinski definition) is 2. The lowest BCUT2D eigenvalue weighted by molar-refractivity contribution is 0.0997. The molecule has 3 N–H and O–H groups in total. The fourth-order valence-electron chi connectivity index (χ4n) is 2.16. The van der Waals surface area contributed by atoms with Crippen LogP contribution in [-0.2, 0) is 0 Å². The maximum Gasteiger partial charge on any atom is 0.269 e. The van der Waals surface area contributed by atoms with Crippen molar-refractivity contribution in [3.8, 4) is 17.0 Å².